The first kappa shape index (κ1) is 8.93. The van der Waals surface area contributed by atoms with Crippen LogP contribution in [-0.4, -0.2) is 30.1 Å². The second-order valence-electron chi connectivity index (χ2n) is 2.66. The van der Waals surface area contributed by atoms with E-state index in [1.54, 1.807) is 6.08 Å². The van der Waals surface area contributed by atoms with Crippen LogP contribution >= 0.6 is 0 Å². The number of carboxylic acids is 1. The molecule has 0 saturated heterocycles. The summed E-state index contributed by atoms with van der Waals surface area (Å²) in [5, 5.41) is 8.42. The molecule has 1 atom stereocenters. The minimum Gasteiger partial charge on any atom is -0.481 e. The van der Waals surface area contributed by atoms with Gasteiger partial charge < -0.3 is 9.84 Å². The minimum atomic E-state index is -0.980. The van der Waals surface area contributed by atoms with Crippen molar-refractivity contribution in [3.8, 4) is 0 Å². The Bertz CT molecular complexity index is 241. The Morgan fingerprint density at radius 3 is 2.92 bits per heavy atom. The van der Waals surface area contributed by atoms with E-state index in [9.17, 15) is 9.59 Å². The van der Waals surface area contributed by atoms with E-state index < -0.39 is 5.97 Å². The summed E-state index contributed by atoms with van der Waals surface area (Å²) in [6, 6.07) is 0. The highest BCUT2D eigenvalue weighted by Crippen LogP contribution is 2.19. The maximum absolute atomic E-state index is 11.1. The van der Waals surface area contributed by atoms with Crippen molar-refractivity contribution in [3.63, 3.8) is 0 Å². The highest BCUT2D eigenvalue weighted by Gasteiger charge is 2.24. The molecule has 0 amide bonds. The second-order valence-corrected chi connectivity index (χ2v) is 2.66. The van der Waals surface area contributed by atoms with Gasteiger partial charge in [-0.2, -0.15) is 0 Å². The van der Waals surface area contributed by atoms with Gasteiger partial charge in [-0.25, -0.2) is 0 Å². The Balaban J connectivity index is 2.63. The smallest absolute Gasteiger partial charge is 0.307 e. The first-order valence-electron chi connectivity index (χ1n) is 3.62. The van der Waals surface area contributed by atoms with Gasteiger partial charge in [-0.3, -0.25) is 9.59 Å². The van der Waals surface area contributed by atoms with Crippen LogP contribution in [0.3, 0.4) is 0 Å². The summed E-state index contributed by atoms with van der Waals surface area (Å²) in [6.07, 6.45) is 1.43. The lowest BCUT2D eigenvalue weighted by atomic mass is 10.1. The van der Waals surface area contributed by atoms with Crippen molar-refractivity contribution in [1.29, 1.82) is 0 Å². The molecule has 0 unspecified atom stereocenters. The second kappa shape index (κ2) is 3.49. The van der Waals surface area contributed by atoms with Crippen molar-refractivity contribution in [3.05, 3.63) is 11.6 Å². The number of carboxylic acid groups (broad SMARTS) is 1. The Morgan fingerprint density at radius 1 is 1.83 bits per heavy atom. The lowest BCUT2D eigenvalue weighted by Gasteiger charge is -1.99. The first-order chi connectivity index (χ1) is 5.63. The number of Topliss-reactive ketones (excluding diaryl/α,β-unsaturated/α-hetero) is 1. The van der Waals surface area contributed by atoms with Gasteiger partial charge in [-0.15, -0.1) is 0 Å². The predicted molar refractivity (Wildman–Crippen MR) is 40.8 cm³/mol. The molecule has 4 heteroatoms. The van der Waals surface area contributed by atoms with Crippen molar-refractivity contribution >= 4 is 11.8 Å². The van der Waals surface area contributed by atoms with E-state index in [2.05, 4.69) is 0 Å². The average Bonchev–Trinajstić information content (AvgIpc) is 2.31. The maximum atomic E-state index is 11.1. The molecule has 0 bridgehead atoms. The van der Waals surface area contributed by atoms with Crippen LogP contribution in [0.25, 0.3) is 0 Å². The standard InChI is InChI=1S/C8H10O4/c1-12-6-2-5(3-8(10)11)7(9)4-6/h2,6H,3-4H2,1H3,(H,10,11)/t6-/m0/s1. The fraction of sp³-hybridized carbons (Fsp3) is 0.500. The zero-order valence-electron chi connectivity index (χ0n) is 6.74. The molecule has 0 spiro atoms. The normalized spacial score (nSPS) is 22.6. The van der Waals surface area contributed by atoms with Crippen LogP contribution in [0.2, 0.25) is 0 Å². The van der Waals surface area contributed by atoms with Gasteiger partial charge in [0.1, 0.15) is 0 Å². The lowest BCUT2D eigenvalue weighted by molar-refractivity contribution is -0.136. The van der Waals surface area contributed by atoms with Crippen LogP contribution in [-0.2, 0) is 14.3 Å². The summed E-state index contributed by atoms with van der Waals surface area (Å²) < 4.78 is 4.90. The Hall–Kier alpha value is -1.16. The third-order valence-electron chi connectivity index (χ3n) is 1.78. The van der Waals surface area contributed by atoms with E-state index in [0.29, 0.717) is 5.57 Å². The topological polar surface area (TPSA) is 63.6 Å². The number of hydrogen-bond acceptors (Lipinski definition) is 3. The van der Waals surface area contributed by atoms with Crippen molar-refractivity contribution in [2.24, 2.45) is 0 Å². The monoisotopic (exact) mass is 170 g/mol. The largest absolute Gasteiger partial charge is 0.481 e. The molecule has 0 aromatic rings. The molecule has 0 fully saturated rings. The third kappa shape index (κ3) is 1.92. The molecule has 0 aromatic carbocycles. The van der Waals surface area contributed by atoms with E-state index in [1.165, 1.54) is 7.11 Å². The quantitative estimate of drug-likeness (QED) is 0.664. The number of carbonyl (C=O) groups excluding carboxylic acids is 1. The van der Waals surface area contributed by atoms with Crippen LogP contribution in [0.15, 0.2) is 11.6 Å². The van der Waals surface area contributed by atoms with E-state index in [0.717, 1.165) is 0 Å². The van der Waals surface area contributed by atoms with Crippen LogP contribution in [0.5, 0.6) is 0 Å². The van der Waals surface area contributed by atoms with Gasteiger partial charge in [0.25, 0.3) is 0 Å². The number of carbonyl (C=O) groups is 2. The fourth-order valence-corrected chi connectivity index (χ4v) is 1.16. The van der Waals surface area contributed by atoms with Gasteiger partial charge in [0.05, 0.1) is 12.5 Å². The van der Waals surface area contributed by atoms with Crippen LogP contribution < -0.4 is 0 Å². The van der Waals surface area contributed by atoms with Crippen molar-refractivity contribution in [1.82, 2.24) is 0 Å². The molecule has 0 heterocycles. The molecule has 0 saturated carbocycles. The summed E-state index contributed by atoms with van der Waals surface area (Å²) >= 11 is 0. The summed E-state index contributed by atoms with van der Waals surface area (Å²) in [4.78, 5) is 21.3. The van der Waals surface area contributed by atoms with E-state index in [1.807, 2.05) is 0 Å². The van der Waals surface area contributed by atoms with Crippen LogP contribution in [0, 0.1) is 0 Å². The van der Waals surface area contributed by atoms with Crippen molar-refractivity contribution < 1.29 is 19.4 Å². The molecule has 0 aliphatic heterocycles. The van der Waals surface area contributed by atoms with Gasteiger partial charge in [0.2, 0.25) is 0 Å². The molecular weight excluding hydrogens is 160 g/mol. The summed E-state index contributed by atoms with van der Waals surface area (Å²) in [6.45, 7) is 0. The van der Waals surface area contributed by atoms with Crippen molar-refractivity contribution in [2.75, 3.05) is 7.11 Å². The Morgan fingerprint density at radius 2 is 2.50 bits per heavy atom. The zero-order chi connectivity index (χ0) is 9.14. The number of hydrogen-bond donors (Lipinski definition) is 1. The number of ketones is 1. The molecule has 66 valence electrons. The predicted octanol–water partition coefficient (Wildman–Crippen LogP) is 0.375. The van der Waals surface area contributed by atoms with Gasteiger partial charge in [0, 0.05) is 19.1 Å². The summed E-state index contributed by atoms with van der Waals surface area (Å²) in [5.41, 5.74) is 0.356. The molecular formula is C8H10O4. The third-order valence-corrected chi connectivity index (χ3v) is 1.78. The first-order valence-corrected chi connectivity index (χ1v) is 3.62. The van der Waals surface area contributed by atoms with E-state index in [4.69, 9.17) is 9.84 Å². The highest BCUT2D eigenvalue weighted by molar-refractivity contribution is 6.01. The number of methoxy groups -OCH3 is 1. The molecule has 1 aliphatic carbocycles. The van der Waals surface area contributed by atoms with E-state index >= 15 is 0 Å². The Labute approximate surface area is 69.8 Å². The molecule has 1 N–H and O–H groups in total. The SMILES string of the molecule is CO[C@H]1C=C(CC(=O)O)C(=O)C1. The molecule has 1 aliphatic rings. The molecule has 4 nitrogen and oxygen atoms in total. The molecule has 12 heavy (non-hydrogen) atoms. The van der Waals surface area contributed by atoms with Gasteiger partial charge in [-0.1, -0.05) is 0 Å². The number of ether oxygens (including phenoxy) is 1. The van der Waals surface area contributed by atoms with E-state index in [-0.39, 0.29) is 24.7 Å². The zero-order valence-corrected chi connectivity index (χ0v) is 6.74. The molecule has 0 radical (unpaired) electrons. The average molecular weight is 170 g/mol. The van der Waals surface area contributed by atoms with Crippen LogP contribution in [0.4, 0.5) is 0 Å². The van der Waals surface area contributed by atoms with Crippen LogP contribution in [0.1, 0.15) is 12.8 Å². The Kier molecular flexibility index (Phi) is 2.60. The fourth-order valence-electron chi connectivity index (χ4n) is 1.16. The van der Waals surface area contributed by atoms with Crippen molar-refractivity contribution in [2.45, 2.75) is 18.9 Å². The summed E-state index contributed by atoms with van der Waals surface area (Å²) in [5.74, 6) is -1.10. The summed E-state index contributed by atoms with van der Waals surface area (Å²) in [7, 11) is 1.50. The van der Waals surface area contributed by atoms with Gasteiger partial charge >= 0.3 is 5.97 Å². The maximum Gasteiger partial charge on any atom is 0.307 e. The number of aliphatic carboxylic acids is 1. The lowest BCUT2D eigenvalue weighted by Crippen LogP contribution is -2.06. The number of rotatable bonds is 3. The molecule has 0 aromatic heterocycles. The van der Waals surface area contributed by atoms with Gasteiger partial charge in [0.15, 0.2) is 5.78 Å². The highest BCUT2D eigenvalue weighted by atomic mass is 16.5. The minimum absolute atomic E-state index is 0.121. The van der Waals surface area contributed by atoms with Gasteiger partial charge in [-0.05, 0) is 6.08 Å². The molecule has 1 rings (SSSR count).